The van der Waals surface area contributed by atoms with Gasteiger partial charge < -0.3 is 10.1 Å². The van der Waals surface area contributed by atoms with E-state index in [2.05, 4.69) is 33.0 Å². The summed E-state index contributed by atoms with van der Waals surface area (Å²) in [6.45, 7) is 11.6. The zero-order valence-electron chi connectivity index (χ0n) is 13.0. The number of nitrogens with zero attached hydrogens (tertiary/aromatic N) is 1. The fraction of sp³-hybridized carbons (Fsp3) is 0.800. The Balaban J connectivity index is 2.37. The van der Waals surface area contributed by atoms with Gasteiger partial charge in [-0.2, -0.15) is 0 Å². The Labute approximate surface area is 120 Å². The smallest absolute Gasteiger partial charge is 0.125 e. The van der Waals surface area contributed by atoms with Crippen LogP contribution in [0.3, 0.4) is 0 Å². The first-order valence-corrected chi connectivity index (χ1v) is 7.92. The van der Waals surface area contributed by atoms with Crippen molar-refractivity contribution in [1.82, 2.24) is 10.3 Å². The first-order chi connectivity index (χ1) is 8.79. The van der Waals surface area contributed by atoms with Crippen LogP contribution in [0, 0.1) is 5.41 Å². The molecule has 1 heterocycles. The number of hydrogen-bond acceptors (Lipinski definition) is 4. The Morgan fingerprint density at radius 2 is 2.16 bits per heavy atom. The van der Waals surface area contributed by atoms with Gasteiger partial charge in [-0.25, -0.2) is 4.98 Å². The van der Waals surface area contributed by atoms with E-state index in [0.717, 1.165) is 18.0 Å². The van der Waals surface area contributed by atoms with Gasteiger partial charge in [0.15, 0.2) is 0 Å². The monoisotopic (exact) mass is 282 g/mol. The maximum absolute atomic E-state index is 5.84. The lowest BCUT2D eigenvalue weighted by molar-refractivity contribution is -0.0143. The van der Waals surface area contributed by atoms with Crippen LogP contribution in [-0.4, -0.2) is 18.6 Å². The summed E-state index contributed by atoms with van der Waals surface area (Å²) in [6.07, 6.45) is 2.24. The molecule has 19 heavy (non-hydrogen) atoms. The lowest BCUT2D eigenvalue weighted by atomic mass is 9.76. The van der Waals surface area contributed by atoms with Crippen molar-refractivity contribution < 1.29 is 4.74 Å². The fourth-order valence-corrected chi connectivity index (χ4v) is 4.09. The number of hydrogen-bond donors (Lipinski definition) is 1. The molecule has 0 saturated heterocycles. The summed E-state index contributed by atoms with van der Waals surface area (Å²) in [5.74, 6) is 0. The molecule has 0 aromatic carbocycles. The van der Waals surface area contributed by atoms with Gasteiger partial charge >= 0.3 is 0 Å². The van der Waals surface area contributed by atoms with Gasteiger partial charge in [-0.05, 0) is 46.1 Å². The Morgan fingerprint density at radius 1 is 1.47 bits per heavy atom. The third-order valence-electron chi connectivity index (χ3n) is 3.82. The maximum Gasteiger partial charge on any atom is 0.125 e. The second kappa shape index (κ2) is 5.15. The highest BCUT2D eigenvalue weighted by Crippen LogP contribution is 2.44. The first kappa shape index (κ1) is 14.9. The van der Waals surface area contributed by atoms with Crippen molar-refractivity contribution in [2.45, 2.75) is 59.1 Å². The van der Waals surface area contributed by atoms with E-state index in [9.17, 15) is 0 Å². The maximum atomic E-state index is 5.84. The number of nitrogens with one attached hydrogen (secondary N) is 1. The van der Waals surface area contributed by atoms with E-state index in [1.54, 1.807) is 0 Å². The van der Waals surface area contributed by atoms with Crippen molar-refractivity contribution in [2.24, 2.45) is 5.41 Å². The van der Waals surface area contributed by atoms with Gasteiger partial charge in [-0.3, -0.25) is 0 Å². The van der Waals surface area contributed by atoms with Gasteiger partial charge in [0.2, 0.25) is 0 Å². The average molecular weight is 282 g/mol. The molecule has 0 bridgehead atoms. The minimum atomic E-state index is -0.279. The van der Waals surface area contributed by atoms with Crippen LogP contribution in [-0.2, 0) is 16.8 Å². The zero-order valence-corrected chi connectivity index (χ0v) is 13.8. The van der Waals surface area contributed by atoms with Gasteiger partial charge in [-0.1, -0.05) is 13.8 Å². The molecule has 1 unspecified atom stereocenters. The van der Waals surface area contributed by atoms with E-state index < -0.39 is 0 Å². The quantitative estimate of drug-likeness (QED) is 0.915. The zero-order chi connectivity index (χ0) is 14.3. The molecule has 2 rings (SSSR count). The lowest BCUT2D eigenvalue weighted by Gasteiger charge is -2.34. The molecule has 0 radical (unpaired) electrons. The summed E-state index contributed by atoms with van der Waals surface area (Å²) in [6, 6.07) is 0.433. The highest BCUT2D eigenvalue weighted by atomic mass is 32.1. The number of aromatic nitrogens is 1. The van der Waals surface area contributed by atoms with Crippen LogP contribution >= 0.6 is 11.3 Å². The van der Waals surface area contributed by atoms with Crippen LogP contribution < -0.4 is 5.32 Å². The van der Waals surface area contributed by atoms with Crippen LogP contribution in [0.25, 0.3) is 0 Å². The number of fused-ring (bicyclic) bond motifs is 1. The average Bonchev–Trinajstić information content (AvgIpc) is 2.70. The van der Waals surface area contributed by atoms with E-state index in [1.165, 1.54) is 17.0 Å². The molecule has 3 nitrogen and oxygen atoms in total. The highest BCUT2D eigenvalue weighted by molar-refractivity contribution is 7.12. The summed E-state index contributed by atoms with van der Waals surface area (Å²) < 4.78 is 5.84. The Kier molecular flexibility index (Phi) is 4.05. The van der Waals surface area contributed by atoms with E-state index >= 15 is 0 Å². The standard InChI is InChI=1S/C15H26N2OS/c1-7-18-15(4,5)13-17-11-9-14(2,3)8-10(16-6)12(11)19-13/h10,16H,7-9H2,1-6H3. The minimum Gasteiger partial charge on any atom is -0.369 e. The van der Waals surface area contributed by atoms with Gasteiger partial charge in [0, 0.05) is 17.5 Å². The van der Waals surface area contributed by atoms with Gasteiger partial charge in [0.25, 0.3) is 0 Å². The van der Waals surface area contributed by atoms with Crippen LogP contribution in [0.1, 0.15) is 62.7 Å². The van der Waals surface area contributed by atoms with Crippen molar-refractivity contribution in [3.8, 4) is 0 Å². The van der Waals surface area contributed by atoms with E-state index in [1.807, 2.05) is 25.3 Å². The molecule has 0 saturated carbocycles. The summed E-state index contributed by atoms with van der Waals surface area (Å²) in [5.41, 5.74) is 1.31. The molecular weight excluding hydrogens is 256 g/mol. The predicted molar refractivity (Wildman–Crippen MR) is 80.7 cm³/mol. The third-order valence-corrected chi connectivity index (χ3v) is 5.33. The Bertz CT molecular complexity index is 451. The second-order valence-corrected chi connectivity index (χ2v) is 7.69. The molecular formula is C15H26N2OS. The molecule has 108 valence electrons. The second-order valence-electron chi connectivity index (χ2n) is 6.66. The van der Waals surface area contributed by atoms with Crippen molar-refractivity contribution in [2.75, 3.05) is 13.7 Å². The van der Waals surface area contributed by atoms with E-state index in [-0.39, 0.29) is 5.60 Å². The first-order valence-electron chi connectivity index (χ1n) is 7.10. The number of ether oxygens (including phenoxy) is 1. The van der Waals surface area contributed by atoms with Crippen molar-refractivity contribution >= 4 is 11.3 Å². The van der Waals surface area contributed by atoms with Gasteiger partial charge in [0.05, 0.1) is 5.69 Å². The normalized spacial score (nSPS) is 22.3. The molecule has 0 fully saturated rings. The predicted octanol–water partition coefficient (Wildman–Crippen LogP) is 3.65. The molecule has 1 atom stereocenters. The van der Waals surface area contributed by atoms with Crippen LogP contribution in [0.2, 0.25) is 0 Å². The number of thiazole rings is 1. The van der Waals surface area contributed by atoms with Crippen molar-refractivity contribution in [1.29, 1.82) is 0 Å². The highest BCUT2D eigenvalue weighted by Gasteiger charge is 2.36. The van der Waals surface area contributed by atoms with Crippen molar-refractivity contribution in [3.63, 3.8) is 0 Å². The van der Waals surface area contributed by atoms with E-state index in [4.69, 9.17) is 9.72 Å². The van der Waals surface area contributed by atoms with Gasteiger partial charge in [0.1, 0.15) is 10.6 Å². The summed E-state index contributed by atoms with van der Waals surface area (Å²) >= 11 is 1.82. The van der Waals surface area contributed by atoms with Gasteiger partial charge in [-0.15, -0.1) is 11.3 Å². The van der Waals surface area contributed by atoms with Crippen LogP contribution in [0.4, 0.5) is 0 Å². The molecule has 1 aromatic rings. The van der Waals surface area contributed by atoms with Crippen molar-refractivity contribution in [3.05, 3.63) is 15.6 Å². The molecule has 1 aliphatic rings. The molecule has 0 amide bonds. The Morgan fingerprint density at radius 3 is 2.74 bits per heavy atom. The van der Waals surface area contributed by atoms with Crippen LogP contribution in [0.15, 0.2) is 0 Å². The largest absolute Gasteiger partial charge is 0.369 e. The topological polar surface area (TPSA) is 34.1 Å². The number of rotatable bonds is 4. The third kappa shape index (κ3) is 3.01. The summed E-state index contributed by atoms with van der Waals surface area (Å²) in [4.78, 5) is 6.30. The lowest BCUT2D eigenvalue weighted by Crippen LogP contribution is -2.30. The minimum absolute atomic E-state index is 0.279. The molecule has 1 aliphatic carbocycles. The SMILES string of the molecule is CCOC(C)(C)c1nc2c(s1)C(NC)CC(C)(C)C2. The van der Waals surface area contributed by atoms with Crippen LogP contribution in [0.5, 0.6) is 0 Å². The molecule has 0 aliphatic heterocycles. The molecule has 1 aromatic heterocycles. The van der Waals surface area contributed by atoms with E-state index in [0.29, 0.717) is 11.5 Å². The summed E-state index contributed by atoms with van der Waals surface area (Å²) in [5, 5.41) is 4.55. The summed E-state index contributed by atoms with van der Waals surface area (Å²) in [7, 11) is 2.04. The molecule has 0 spiro atoms. The fourth-order valence-electron chi connectivity index (χ4n) is 2.85. The molecule has 4 heteroatoms. The molecule has 1 N–H and O–H groups in total. The Hall–Kier alpha value is -0.450.